The summed E-state index contributed by atoms with van der Waals surface area (Å²) in [6.07, 6.45) is 1.97. The van der Waals surface area contributed by atoms with E-state index in [1.165, 1.54) is 0 Å². The van der Waals surface area contributed by atoms with Crippen LogP contribution in [0, 0.1) is 0 Å². The van der Waals surface area contributed by atoms with Crippen molar-refractivity contribution >= 4 is 0 Å². The van der Waals surface area contributed by atoms with E-state index in [-0.39, 0.29) is 6.04 Å². The van der Waals surface area contributed by atoms with Gasteiger partial charge in [0.05, 0.1) is 0 Å². The van der Waals surface area contributed by atoms with Crippen LogP contribution in [0.2, 0.25) is 0 Å². The average Bonchev–Trinajstić information content (AvgIpc) is 1.97. The van der Waals surface area contributed by atoms with Crippen molar-refractivity contribution in [2.24, 2.45) is 11.7 Å². The molecule has 0 fully saturated rings. The molecule has 0 aliphatic heterocycles. The predicted octanol–water partition coefficient (Wildman–Crippen LogP) is -0.362. The molecule has 1 atom stereocenters. The fourth-order valence-electron chi connectivity index (χ4n) is 0.880. The van der Waals surface area contributed by atoms with Gasteiger partial charge in [0.25, 0.3) is 0 Å². The molecule has 1 unspecified atom stereocenters. The van der Waals surface area contributed by atoms with Crippen LogP contribution in [0.4, 0.5) is 0 Å². The first-order chi connectivity index (χ1) is 5.22. The van der Waals surface area contributed by atoms with Crippen molar-refractivity contribution in [2.45, 2.75) is 25.8 Å². The molecule has 0 aromatic rings. The zero-order valence-electron chi connectivity index (χ0n) is 7.06. The molecule has 0 heterocycles. The van der Waals surface area contributed by atoms with Gasteiger partial charge >= 0.3 is 0 Å². The highest BCUT2D eigenvalue weighted by Gasteiger charge is 2.04. The maximum atomic E-state index is 5.29. The van der Waals surface area contributed by atoms with E-state index in [4.69, 9.17) is 11.7 Å². The summed E-state index contributed by atoms with van der Waals surface area (Å²) in [5, 5.41) is 0. The topological polar surface area (TPSA) is 76.1 Å². The highest BCUT2D eigenvalue weighted by atomic mass is 15.2. The monoisotopic (exact) mass is 158 g/mol. The highest BCUT2D eigenvalue weighted by molar-refractivity contribution is 5.00. The first-order valence-corrected chi connectivity index (χ1v) is 3.77. The Balaban J connectivity index is 3.44. The number of hydrogen-bond acceptors (Lipinski definition) is 4. The Morgan fingerprint density at radius 3 is 2.55 bits per heavy atom. The van der Waals surface area contributed by atoms with Crippen molar-refractivity contribution < 1.29 is 0 Å². The van der Waals surface area contributed by atoms with Gasteiger partial charge in [-0.05, 0) is 19.8 Å². The number of nitrogens with two attached hydrogens (primary N) is 2. The number of nitrogens with one attached hydrogen (secondary N) is 2. The molecule has 0 aromatic heterocycles. The quantitative estimate of drug-likeness (QED) is 0.184. The van der Waals surface area contributed by atoms with Crippen molar-refractivity contribution in [3.63, 3.8) is 0 Å². The van der Waals surface area contributed by atoms with Gasteiger partial charge in [-0.1, -0.05) is 12.2 Å². The summed E-state index contributed by atoms with van der Waals surface area (Å²) in [6, 6.07) is 0.211. The minimum atomic E-state index is 0.211. The van der Waals surface area contributed by atoms with E-state index in [0.717, 1.165) is 25.0 Å². The van der Waals surface area contributed by atoms with Crippen LogP contribution < -0.4 is 22.5 Å². The molecule has 0 spiro atoms. The van der Waals surface area contributed by atoms with E-state index in [2.05, 4.69) is 17.4 Å². The van der Waals surface area contributed by atoms with Crippen LogP contribution in [-0.2, 0) is 0 Å². The largest absolute Gasteiger partial charge is 0.271 e. The third kappa shape index (κ3) is 4.92. The Bertz CT molecular complexity index is 113. The minimum Gasteiger partial charge on any atom is -0.271 e. The standard InChI is InChI=1S/C7H18N4/c1-6(2)7(11-9)4-3-5-10-8/h7,10-11H,1,3-5,8-9H2,2H3. The molecule has 0 aromatic carbocycles. The van der Waals surface area contributed by atoms with Gasteiger partial charge in [0.15, 0.2) is 0 Å². The first-order valence-electron chi connectivity index (χ1n) is 3.77. The van der Waals surface area contributed by atoms with Gasteiger partial charge in [0.1, 0.15) is 0 Å². The highest BCUT2D eigenvalue weighted by Crippen LogP contribution is 2.03. The van der Waals surface area contributed by atoms with Crippen LogP contribution in [0.5, 0.6) is 0 Å². The van der Waals surface area contributed by atoms with Crippen LogP contribution >= 0.6 is 0 Å². The van der Waals surface area contributed by atoms with Gasteiger partial charge in [0.2, 0.25) is 0 Å². The lowest BCUT2D eigenvalue weighted by Gasteiger charge is -2.14. The van der Waals surface area contributed by atoms with Gasteiger partial charge in [-0.25, -0.2) is 0 Å². The molecule has 0 saturated heterocycles. The minimum absolute atomic E-state index is 0.211. The van der Waals surface area contributed by atoms with Crippen LogP contribution in [0.15, 0.2) is 12.2 Å². The maximum absolute atomic E-state index is 5.29. The van der Waals surface area contributed by atoms with E-state index >= 15 is 0 Å². The number of hydrogen-bond donors (Lipinski definition) is 4. The molecule has 0 saturated carbocycles. The summed E-state index contributed by atoms with van der Waals surface area (Å²) < 4.78 is 0. The van der Waals surface area contributed by atoms with Gasteiger partial charge < -0.3 is 0 Å². The Kier molecular flexibility index (Phi) is 6.06. The maximum Gasteiger partial charge on any atom is 0.0414 e. The molecular weight excluding hydrogens is 140 g/mol. The lowest BCUT2D eigenvalue weighted by atomic mass is 10.1. The van der Waals surface area contributed by atoms with Crippen LogP contribution in [-0.4, -0.2) is 12.6 Å². The number of hydrazine groups is 2. The fraction of sp³-hybridized carbons (Fsp3) is 0.714. The van der Waals surface area contributed by atoms with Crippen molar-refractivity contribution in [1.29, 1.82) is 0 Å². The fourth-order valence-corrected chi connectivity index (χ4v) is 0.880. The molecule has 6 N–H and O–H groups in total. The second-order valence-electron chi connectivity index (χ2n) is 2.66. The van der Waals surface area contributed by atoms with Crippen molar-refractivity contribution in [1.82, 2.24) is 10.9 Å². The second kappa shape index (κ2) is 6.30. The third-order valence-electron chi connectivity index (χ3n) is 1.61. The van der Waals surface area contributed by atoms with Gasteiger partial charge in [-0.2, -0.15) is 0 Å². The molecule has 0 aliphatic rings. The molecular formula is C7H18N4. The Labute approximate surface area is 68.0 Å². The van der Waals surface area contributed by atoms with E-state index in [1.807, 2.05) is 6.92 Å². The molecule has 0 rings (SSSR count). The normalized spacial score (nSPS) is 13.0. The lowest BCUT2D eigenvalue weighted by Crippen LogP contribution is -2.36. The summed E-state index contributed by atoms with van der Waals surface area (Å²) >= 11 is 0. The summed E-state index contributed by atoms with van der Waals surface area (Å²) in [4.78, 5) is 0. The Hall–Kier alpha value is -0.420. The van der Waals surface area contributed by atoms with Crippen LogP contribution in [0.25, 0.3) is 0 Å². The molecule has 4 heteroatoms. The van der Waals surface area contributed by atoms with Gasteiger partial charge in [0, 0.05) is 12.6 Å². The summed E-state index contributed by atoms with van der Waals surface area (Å²) in [7, 11) is 0. The molecule has 4 nitrogen and oxygen atoms in total. The molecule has 66 valence electrons. The van der Waals surface area contributed by atoms with E-state index in [0.29, 0.717) is 0 Å². The predicted molar refractivity (Wildman–Crippen MR) is 47.3 cm³/mol. The molecule has 0 amide bonds. The van der Waals surface area contributed by atoms with Crippen LogP contribution in [0.1, 0.15) is 19.8 Å². The molecule has 0 bridgehead atoms. The summed E-state index contributed by atoms with van der Waals surface area (Å²) in [5.74, 6) is 10.4. The van der Waals surface area contributed by atoms with E-state index in [9.17, 15) is 0 Å². The summed E-state index contributed by atoms with van der Waals surface area (Å²) in [6.45, 7) is 6.58. The van der Waals surface area contributed by atoms with E-state index < -0.39 is 0 Å². The van der Waals surface area contributed by atoms with Crippen molar-refractivity contribution in [2.75, 3.05) is 6.54 Å². The van der Waals surface area contributed by atoms with Crippen molar-refractivity contribution in [3.05, 3.63) is 12.2 Å². The third-order valence-corrected chi connectivity index (χ3v) is 1.61. The molecule has 0 aliphatic carbocycles. The van der Waals surface area contributed by atoms with Gasteiger partial charge in [-0.3, -0.25) is 22.5 Å². The van der Waals surface area contributed by atoms with Crippen molar-refractivity contribution in [3.8, 4) is 0 Å². The first kappa shape index (κ1) is 10.6. The second-order valence-corrected chi connectivity index (χ2v) is 2.66. The molecule has 0 radical (unpaired) electrons. The number of rotatable bonds is 6. The zero-order valence-corrected chi connectivity index (χ0v) is 7.06. The van der Waals surface area contributed by atoms with Crippen LogP contribution in [0.3, 0.4) is 0 Å². The summed E-state index contributed by atoms with van der Waals surface area (Å²) in [5.41, 5.74) is 6.34. The SMILES string of the molecule is C=C(C)C(CCCNN)NN. The van der Waals surface area contributed by atoms with E-state index in [1.54, 1.807) is 0 Å². The molecule has 11 heavy (non-hydrogen) atoms. The average molecular weight is 158 g/mol. The zero-order chi connectivity index (χ0) is 8.69. The smallest absolute Gasteiger partial charge is 0.0414 e. The Morgan fingerprint density at radius 1 is 1.55 bits per heavy atom. The Morgan fingerprint density at radius 2 is 2.18 bits per heavy atom. The lowest BCUT2D eigenvalue weighted by molar-refractivity contribution is 0.519. The van der Waals surface area contributed by atoms with Gasteiger partial charge in [-0.15, -0.1) is 0 Å².